The summed E-state index contributed by atoms with van der Waals surface area (Å²) in [6, 6.07) is 6.48. The summed E-state index contributed by atoms with van der Waals surface area (Å²) in [5.41, 5.74) is 2.92. The molecule has 1 amide bonds. The van der Waals surface area contributed by atoms with Crippen LogP contribution in [0.25, 0.3) is 0 Å². The maximum absolute atomic E-state index is 11.9. The highest BCUT2D eigenvalue weighted by atomic mass is 16.1. The Bertz CT molecular complexity index is 484. The van der Waals surface area contributed by atoms with E-state index in [4.69, 9.17) is 0 Å². The summed E-state index contributed by atoms with van der Waals surface area (Å²) in [6.45, 7) is 4.33. The molecule has 2 rings (SSSR count). The SMILES string of the molecule is CCC1CCCC(Nc2cccc(C(=O)NC)c2C)CC1. The molecule has 2 N–H and O–H groups in total. The number of carbonyl (C=O) groups is 1. The molecule has 3 heteroatoms. The van der Waals surface area contributed by atoms with Crippen molar-refractivity contribution in [1.29, 1.82) is 0 Å². The van der Waals surface area contributed by atoms with Crippen LogP contribution in [0.15, 0.2) is 18.2 Å². The van der Waals surface area contributed by atoms with Crippen LogP contribution in [0.3, 0.4) is 0 Å². The van der Waals surface area contributed by atoms with E-state index >= 15 is 0 Å². The second-order valence-electron chi connectivity index (χ2n) is 6.18. The first-order valence-electron chi connectivity index (χ1n) is 8.24. The highest BCUT2D eigenvalue weighted by Crippen LogP contribution is 2.28. The molecule has 116 valence electrons. The Morgan fingerprint density at radius 3 is 2.76 bits per heavy atom. The van der Waals surface area contributed by atoms with E-state index in [0.29, 0.717) is 6.04 Å². The number of hydrogen-bond acceptors (Lipinski definition) is 2. The summed E-state index contributed by atoms with van der Waals surface area (Å²) in [5, 5.41) is 6.38. The van der Waals surface area contributed by atoms with Crippen molar-refractivity contribution in [1.82, 2.24) is 5.32 Å². The van der Waals surface area contributed by atoms with Crippen LogP contribution in [-0.2, 0) is 0 Å². The molecule has 1 aromatic carbocycles. The zero-order valence-electron chi connectivity index (χ0n) is 13.5. The number of nitrogens with one attached hydrogen (secondary N) is 2. The van der Waals surface area contributed by atoms with Crippen LogP contribution in [0.2, 0.25) is 0 Å². The van der Waals surface area contributed by atoms with E-state index in [9.17, 15) is 4.79 Å². The van der Waals surface area contributed by atoms with Crippen molar-refractivity contribution in [2.24, 2.45) is 5.92 Å². The Hall–Kier alpha value is -1.51. The summed E-state index contributed by atoms with van der Waals surface area (Å²) < 4.78 is 0. The maximum atomic E-state index is 11.9. The lowest BCUT2D eigenvalue weighted by Gasteiger charge is -2.20. The van der Waals surface area contributed by atoms with E-state index in [1.807, 2.05) is 19.1 Å². The monoisotopic (exact) mass is 288 g/mol. The molecular formula is C18H28N2O. The van der Waals surface area contributed by atoms with Gasteiger partial charge in [-0.15, -0.1) is 0 Å². The van der Waals surface area contributed by atoms with Crippen LogP contribution in [0.5, 0.6) is 0 Å². The number of carbonyl (C=O) groups excluding carboxylic acids is 1. The minimum atomic E-state index is -0.0111. The molecule has 0 aliphatic heterocycles. The molecule has 0 radical (unpaired) electrons. The molecule has 1 aliphatic rings. The van der Waals surface area contributed by atoms with Gasteiger partial charge >= 0.3 is 0 Å². The van der Waals surface area contributed by atoms with E-state index in [-0.39, 0.29) is 5.91 Å². The van der Waals surface area contributed by atoms with Gasteiger partial charge in [-0.25, -0.2) is 0 Å². The first-order valence-corrected chi connectivity index (χ1v) is 8.24. The van der Waals surface area contributed by atoms with Crippen LogP contribution in [0, 0.1) is 12.8 Å². The molecule has 21 heavy (non-hydrogen) atoms. The Morgan fingerprint density at radius 2 is 2.05 bits per heavy atom. The van der Waals surface area contributed by atoms with Gasteiger partial charge < -0.3 is 10.6 Å². The Kier molecular flexibility index (Phi) is 5.66. The summed E-state index contributed by atoms with van der Waals surface area (Å²) in [7, 11) is 1.68. The first-order chi connectivity index (χ1) is 10.2. The molecule has 2 unspecified atom stereocenters. The molecule has 0 saturated heterocycles. The van der Waals surface area contributed by atoms with Crippen molar-refractivity contribution in [2.75, 3.05) is 12.4 Å². The highest BCUT2D eigenvalue weighted by molar-refractivity contribution is 5.96. The van der Waals surface area contributed by atoms with Gasteiger partial charge in [-0.2, -0.15) is 0 Å². The van der Waals surface area contributed by atoms with Crippen molar-refractivity contribution >= 4 is 11.6 Å². The van der Waals surface area contributed by atoms with E-state index in [1.54, 1.807) is 7.05 Å². The fourth-order valence-corrected chi connectivity index (χ4v) is 3.32. The van der Waals surface area contributed by atoms with Gasteiger partial charge in [0.25, 0.3) is 5.91 Å². The third-order valence-corrected chi connectivity index (χ3v) is 4.83. The highest BCUT2D eigenvalue weighted by Gasteiger charge is 2.19. The lowest BCUT2D eigenvalue weighted by atomic mass is 9.97. The van der Waals surface area contributed by atoms with Crippen molar-refractivity contribution < 1.29 is 4.79 Å². The number of anilines is 1. The van der Waals surface area contributed by atoms with Gasteiger partial charge in [0.15, 0.2) is 0 Å². The molecule has 1 aliphatic carbocycles. The normalized spacial score (nSPS) is 22.4. The van der Waals surface area contributed by atoms with Gasteiger partial charge in [0.05, 0.1) is 0 Å². The zero-order chi connectivity index (χ0) is 15.2. The van der Waals surface area contributed by atoms with E-state index in [0.717, 1.165) is 22.7 Å². The van der Waals surface area contributed by atoms with E-state index < -0.39 is 0 Å². The van der Waals surface area contributed by atoms with Gasteiger partial charge in [-0.05, 0) is 49.8 Å². The molecule has 0 bridgehead atoms. The average Bonchev–Trinajstić information content (AvgIpc) is 2.73. The van der Waals surface area contributed by atoms with Crippen molar-refractivity contribution in [3.8, 4) is 0 Å². The van der Waals surface area contributed by atoms with Gasteiger partial charge in [-0.1, -0.05) is 32.3 Å². The smallest absolute Gasteiger partial charge is 0.251 e. The average molecular weight is 288 g/mol. The van der Waals surface area contributed by atoms with Gasteiger partial charge in [-0.3, -0.25) is 4.79 Å². The predicted octanol–water partition coefficient (Wildman–Crippen LogP) is 4.13. The standard InChI is InChI=1S/C18H28N2O/c1-4-14-7-5-8-15(12-11-14)20-17-10-6-9-16(13(17)2)18(21)19-3/h6,9-10,14-15,20H,4-5,7-8,11-12H2,1-3H3,(H,19,21). The second kappa shape index (κ2) is 7.48. The minimum absolute atomic E-state index is 0.0111. The molecular weight excluding hydrogens is 260 g/mol. The molecule has 2 atom stereocenters. The maximum Gasteiger partial charge on any atom is 0.251 e. The third kappa shape index (κ3) is 3.99. The molecule has 3 nitrogen and oxygen atoms in total. The summed E-state index contributed by atoms with van der Waals surface area (Å²) in [5.74, 6) is 0.887. The molecule has 1 fully saturated rings. The predicted molar refractivity (Wildman–Crippen MR) is 88.8 cm³/mol. The summed E-state index contributed by atoms with van der Waals surface area (Å²) in [4.78, 5) is 11.9. The minimum Gasteiger partial charge on any atom is -0.382 e. The fraction of sp³-hybridized carbons (Fsp3) is 0.611. The lowest BCUT2D eigenvalue weighted by molar-refractivity contribution is 0.0962. The quantitative estimate of drug-likeness (QED) is 0.818. The van der Waals surface area contributed by atoms with Crippen LogP contribution in [0.1, 0.15) is 61.4 Å². The molecule has 1 saturated carbocycles. The molecule has 0 heterocycles. The first kappa shape index (κ1) is 15.9. The van der Waals surface area contributed by atoms with E-state index in [2.05, 4.69) is 23.6 Å². The lowest BCUT2D eigenvalue weighted by Crippen LogP contribution is -2.22. The topological polar surface area (TPSA) is 41.1 Å². The van der Waals surface area contributed by atoms with Crippen molar-refractivity contribution in [3.05, 3.63) is 29.3 Å². The van der Waals surface area contributed by atoms with Gasteiger partial charge in [0, 0.05) is 24.3 Å². The number of amides is 1. The second-order valence-corrected chi connectivity index (χ2v) is 6.18. The van der Waals surface area contributed by atoms with Crippen LogP contribution < -0.4 is 10.6 Å². The summed E-state index contributed by atoms with van der Waals surface area (Å²) >= 11 is 0. The summed E-state index contributed by atoms with van der Waals surface area (Å²) in [6.07, 6.45) is 7.78. The molecule has 0 spiro atoms. The number of rotatable bonds is 4. The molecule has 1 aromatic rings. The molecule has 0 aromatic heterocycles. The van der Waals surface area contributed by atoms with E-state index in [1.165, 1.54) is 38.5 Å². The van der Waals surface area contributed by atoms with Crippen molar-refractivity contribution in [2.45, 2.75) is 58.4 Å². The largest absolute Gasteiger partial charge is 0.382 e. The number of hydrogen-bond donors (Lipinski definition) is 2. The Balaban J connectivity index is 2.07. The third-order valence-electron chi connectivity index (χ3n) is 4.83. The van der Waals surface area contributed by atoms with Gasteiger partial charge in [0.2, 0.25) is 0 Å². The fourth-order valence-electron chi connectivity index (χ4n) is 3.32. The Morgan fingerprint density at radius 1 is 1.24 bits per heavy atom. The van der Waals surface area contributed by atoms with Crippen LogP contribution in [0.4, 0.5) is 5.69 Å². The number of benzene rings is 1. The van der Waals surface area contributed by atoms with Crippen LogP contribution in [-0.4, -0.2) is 19.0 Å². The van der Waals surface area contributed by atoms with Gasteiger partial charge in [0.1, 0.15) is 0 Å². The zero-order valence-corrected chi connectivity index (χ0v) is 13.5. The Labute approximate surface area is 128 Å². The van der Waals surface area contributed by atoms with Crippen molar-refractivity contribution in [3.63, 3.8) is 0 Å². The van der Waals surface area contributed by atoms with Crippen LogP contribution >= 0.6 is 0 Å².